The summed E-state index contributed by atoms with van der Waals surface area (Å²) in [6, 6.07) is 6.00. The lowest BCUT2D eigenvalue weighted by atomic mass is 9.93. The van der Waals surface area contributed by atoms with E-state index >= 15 is 0 Å². The molecule has 0 bridgehead atoms. The Labute approximate surface area is 189 Å². The van der Waals surface area contributed by atoms with Crippen LogP contribution in [-0.4, -0.2) is 34.2 Å². The van der Waals surface area contributed by atoms with Crippen LogP contribution in [0.15, 0.2) is 23.2 Å². The van der Waals surface area contributed by atoms with Crippen LogP contribution >= 0.6 is 0 Å². The average molecular weight is 443 g/mol. The number of imide groups is 1. The molecule has 11 heteroatoms. The van der Waals surface area contributed by atoms with Gasteiger partial charge in [0.2, 0.25) is 5.96 Å². The summed E-state index contributed by atoms with van der Waals surface area (Å²) < 4.78 is 0. The molecule has 1 aromatic heterocycles. The van der Waals surface area contributed by atoms with Gasteiger partial charge >= 0.3 is 0 Å². The van der Waals surface area contributed by atoms with E-state index in [1.165, 1.54) is 4.90 Å². The van der Waals surface area contributed by atoms with Crippen LogP contribution in [0, 0.1) is 28.7 Å². The van der Waals surface area contributed by atoms with Crippen molar-refractivity contribution in [2.45, 2.75) is 26.3 Å². The zero-order valence-corrected chi connectivity index (χ0v) is 18.0. The number of hydrogen-bond donors (Lipinski definition) is 4. The number of amides is 2. The average Bonchev–Trinajstić information content (AvgIpc) is 3.01. The zero-order chi connectivity index (χ0) is 23.9. The van der Waals surface area contributed by atoms with Gasteiger partial charge < -0.3 is 16.8 Å². The number of guanidine groups is 1. The third-order valence-corrected chi connectivity index (χ3v) is 5.60. The minimum Gasteiger partial charge on any atom is -0.397 e. The number of hydrogen-bond acceptors (Lipinski definition) is 10. The number of nitriles is 2. The van der Waals surface area contributed by atoms with Gasteiger partial charge in [0.15, 0.2) is 6.19 Å². The van der Waals surface area contributed by atoms with Crippen LogP contribution in [0.5, 0.6) is 0 Å². The van der Waals surface area contributed by atoms with Crippen LogP contribution in [0.3, 0.4) is 0 Å². The SMILES string of the molecule is CC(C)CCN1C(=O)c2ccc(C3N=C(NC#N)Nc4nc(N)c(C#N)c(N)c43)cc2C1=O. The summed E-state index contributed by atoms with van der Waals surface area (Å²) in [5, 5.41) is 23.8. The van der Waals surface area contributed by atoms with E-state index in [0.717, 1.165) is 0 Å². The van der Waals surface area contributed by atoms with Gasteiger partial charge in [0, 0.05) is 12.1 Å². The number of benzene rings is 1. The molecule has 1 aromatic carbocycles. The Morgan fingerprint density at radius 2 is 1.94 bits per heavy atom. The number of carbonyl (C=O) groups excluding carboxylic acids is 2. The minimum atomic E-state index is -0.796. The van der Waals surface area contributed by atoms with Gasteiger partial charge in [0.25, 0.3) is 11.8 Å². The molecule has 2 amide bonds. The van der Waals surface area contributed by atoms with E-state index in [1.807, 2.05) is 19.9 Å². The highest BCUT2D eigenvalue weighted by molar-refractivity contribution is 6.21. The van der Waals surface area contributed by atoms with Crippen LogP contribution in [-0.2, 0) is 0 Å². The number of nitrogens with two attached hydrogens (primary N) is 2. The second-order valence-corrected chi connectivity index (χ2v) is 8.15. The van der Waals surface area contributed by atoms with Crippen molar-refractivity contribution in [1.29, 1.82) is 10.5 Å². The summed E-state index contributed by atoms with van der Waals surface area (Å²) in [6.07, 6.45) is 2.49. The van der Waals surface area contributed by atoms with E-state index in [9.17, 15) is 14.9 Å². The van der Waals surface area contributed by atoms with Gasteiger partial charge in [0.05, 0.1) is 16.8 Å². The van der Waals surface area contributed by atoms with Gasteiger partial charge in [0.1, 0.15) is 29.3 Å². The first-order chi connectivity index (χ1) is 15.8. The molecule has 0 spiro atoms. The summed E-state index contributed by atoms with van der Waals surface area (Å²) in [4.78, 5) is 35.7. The topological polar surface area (TPSA) is 186 Å². The second kappa shape index (κ2) is 8.13. The van der Waals surface area contributed by atoms with E-state index in [0.29, 0.717) is 35.6 Å². The lowest BCUT2D eigenvalue weighted by molar-refractivity contribution is 0.0648. The number of nitrogens with zero attached hydrogens (tertiary/aromatic N) is 5. The van der Waals surface area contributed by atoms with E-state index in [2.05, 4.69) is 20.6 Å². The van der Waals surface area contributed by atoms with E-state index in [-0.39, 0.29) is 46.2 Å². The number of pyridine rings is 1. The molecule has 4 rings (SSSR count). The Morgan fingerprint density at radius 3 is 2.61 bits per heavy atom. The molecule has 1 unspecified atom stereocenters. The fourth-order valence-corrected chi connectivity index (χ4v) is 3.89. The summed E-state index contributed by atoms with van der Waals surface area (Å²) in [7, 11) is 0. The smallest absolute Gasteiger partial charge is 0.261 e. The maximum absolute atomic E-state index is 13.0. The van der Waals surface area contributed by atoms with Gasteiger partial charge in [-0.1, -0.05) is 19.9 Å². The van der Waals surface area contributed by atoms with Gasteiger partial charge in [-0.15, -0.1) is 0 Å². The number of aromatic nitrogens is 1. The highest BCUT2D eigenvalue weighted by Gasteiger charge is 2.37. The molecule has 3 heterocycles. The molecular weight excluding hydrogens is 422 g/mol. The van der Waals surface area contributed by atoms with Crippen LogP contribution in [0.25, 0.3) is 0 Å². The quantitative estimate of drug-likeness (QED) is 0.310. The Balaban J connectivity index is 1.81. The first-order valence-corrected chi connectivity index (χ1v) is 10.3. The van der Waals surface area contributed by atoms with Crippen molar-refractivity contribution in [2.75, 3.05) is 23.3 Å². The highest BCUT2D eigenvalue weighted by atomic mass is 16.2. The summed E-state index contributed by atoms with van der Waals surface area (Å²) in [6.45, 7) is 4.39. The third-order valence-electron chi connectivity index (χ3n) is 5.60. The van der Waals surface area contributed by atoms with Crippen molar-refractivity contribution < 1.29 is 9.59 Å². The standard InChI is InChI=1S/C22H21N9O2/c1-10(2)5-6-31-20(32)12-4-3-11(7-13(12)21(31)33)17-15-16(25)14(8-23)18(26)29-19(15)30-22(28-17)27-9-24/h3-4,7,10,17H,5-6H2,1-2H3,(H6,25,26,27,28,29,30). The third kappa shape index (κ3) is 3.55. The Bertz CT molecular complexity index is 1300. The van der Waals surface area contributed by atoms with E-state index < -0.39 is 6.04 Å². The molecule has 0 radical (unpaired) electrons. The number of aliphatic imine (C=N–C) groups is 1. The lowest BCUT2D eigenvalue weighted by Crippen LogP contribution is -2.32. The summed E-state index contributed by atoms with van der Waals surface area (Å²) in [5.41, 5.74) is 13.7. The fourth-order valence-electron chi connectivity index (χ4n) is 3.89. The largest absolute Gasteiger partial charge is 0.397 e. The number of fused-ring (bicyclic) bond motifs is 2. The molecule has 6 N–H and O–H groups in total. The van der Waals surface area contributed by atoms with Crippen molar-refractivity contribution in [2.24, 2.45) is 10.9 Å². The molecule has 0 fully saturated rings. The Hall–Kier alpha value is -4.64. The Morgan fingerprint density at radius 1 is 1.21 bits per heavy atom. The molecule has 2 aliphatic rings. The van der Waals surface area contributed by atoms with Gasteiger partial charge in [-0.3, -0.25) is 19.8 Å². The molecule has 1 atom stereocenters. The molecular formula is C22H21N9O2. The molecule has 33 heavy (non-hydrogen) atoms. The Kier molecular flexibility index (Phi) is 5.32. The zero-order valence-electron chi connectivity index (χ0n) is 18.0. The van der Waals surface area contributed by atoms with Crippen molar-refractivity contribution >= 4 is 35.1 Å². The fraction of sp³-hybridized carbons (Fsp3) is 0.273. The van der Waals surface area contributed by atoms with Crippen LogP contribution < -0.4 is 22.1 Å². The minimum absolute atomic E-state index is 0.0136. The number of carbonyl (C=O) groups is 2. The van der Waals surface area contributed by atoms with Crippen LogP contribution in [0.1, 0.15) is 63.7 Å². The molecule has 0 aliphatic carbocycles. The maximum atomic E-state index is 13.0. The van der Waals surface area contributed by atoms with Gasteiger partial charge in [-0.25, -0.2) is 9.98 Å². The normalized spacial score (nSPS) is 16.5. The first-order valence-electron chi connectivity index (χ1n) is 10.3. The summed E-state index contributed by atoms with van der Waals surface area (Å²) in [5.74, 6) is -0.0748. The second-order valence-electron chi connectivity index (χ2n) is 8.15. The maximum Gasteiger partial charge on any atom is 0.261 e. The van der Waals surface area contributed by atoms with Gasteiger partial charge in [-0.05, 0) is 30.0 Å². The lowest BCUT2D eigenvalue weighted by Gasteiger charge is -2.26. The molecule has 166 valence electrons. The van der Waals surface area contributed by atoms with Crippen molar-refractivity contribution in [1.82, 2.24) is 15.2 Å². The van der Waals surface area contributed by atoms with Gasteiger partial charge in [-0.2, -0.15) is 10.5 Å². The van der Waals surface area contributed by atoms with Crippen LogP contribution in [0.4, 0.5) is 17.3 Å². The molecule has 0 saturated carbocycles. The number of nitrogens with one attached hydrogen (secondary N) is 2. The van der Waals surface area contributed by atoms with Crippen molar-refractivity contribution in [3.8, 4) is 12.3 Å². The molecule has 2 aliphatic heterocycles. The molecule has 2 aromatic rings. The highest BCUT2D eigenvalue weighted by Crippen LogP contribution is 2.41. The molecule has 0 saturated heterocycles. The predicted octanol–water partition coefficient (Wildman–Crippen LogP) is 1.70. The monoisotopic (exact) mass is 443 g/mol. The van der Waals surface area contributed by atoms with Crippen LogP contribution in [0.2, 0.25) is 0 Å². The van der Waals surface area contributed by atoms with E-state index in [4.69, 9.17) is 16.7 Å². The number of anilines is 3. The summed E-state index contributed by atoms with van der Waals surface area (Å²) >= 11 is 0. The first kappa shape index (κ1) is 21.6. The molecule has 11 nitrogen and oxygen atoms in total. The van der Waals surface area contributed by atoms with E-state index in [1.54, 1.807) is 24.4 Å². The van der Waals surface area contributed by atoms with Crippen molar-refractivity contribution in [3.05, 3.63) is 46.0 Å². The number of nitrogen functional groups attached to an aromatic ring is 2. The van der Waals surface area contributed by atoms with Crippen molar-refractivity contribution in [3.63, 3.8) is 0 Å². The number of rotatable bonds is 4. The predicted molar refractivity (Wildman–Crippen MR) is 121 cm³/mol.